The van der Waals surface area contributed by atoms with E-state index in [-0.39, 0.29) is 0 Å². The van der Waals surface area contributed by atoms with Gasteiger partial charge in [0.05, 0.1) is 9.80 Å². The molecule has 42 valence electrons. The quantitative estimate of drug-likeness (QED) is 0.541. The Morgan fingerprint density at radius 1 is 1.75 bits per heavy atom. The van der Waals surface area contributed by atoms with Crippen LogP contribution in [0.15, 0.2) is 24.4 Å². The summed E-state index contributed by atoms with van der Waals surface area (Å²) in [7, 11) is -1.30. The largest absolute Gasteiger partial charge is 0.481 e. The number of rotatable bonds is 1. The van der Waals surface area contributed by atoms with Crippen LogP contribution in [0.5, 0.6) is 5.88 Å². The van der Waals surface area contributed by atoms with E-state index in [4.69, 9.17) is 2.74 Å². The van der Waals surface area contributed by atoms with Crippen LogP contribution in [0.4, 0.5) is 0 Å². The van der Waals surface area contributed by atoms with Crippen LogP contribution in [0.2, 0.25) is 0 Å². The zero-order valence-corrected chi connectivity index (χ0v) is 4.24. The van der Waals surface area contributed by atoms with E-state index in [1.165, 1.54) is 0 Å². The van der Waals surface area contributed by atoms with Crippen molar-refractivity contribution in [1.29, 1.82) is 0 Å². The summed E-state index contributed by atoms with van der Waals surface area (Å²) in [4.78, 5) is 3.76. The summed E-state index contributed by atoms with van der Waals surface area (Å²) < 4.78 is 18.1. The predicted octanol–water partition coefficient (Wildman–Crippen LogP) is 1.09. The first kappa shape index (κ1) is 3.07. The molecule has 0 aliphatic heterocycles. The molecule has 2 heteroatoms. The molecule has 1 aromatic heterocycles. The highest BCUT2D eigenvalue weighted by Gasteiger charge is 1.82. The number of hydrogen-bond donors (Lipinski definition) is 0. The van der Waals surface area contributed by atoms with Gasteiger partial charge < -0.3 is 4.74 Å². The minimum atomic E-state index is -1.30. The minimum absolute atomic E-state index is 0.317. The van der Waals surface area contributed by atoms with Crippen molar-refractivity contribution in [3.8, 4) is 5.88 Å². The molecular weight excluding hydrogens is 102 g/mol. The summed E-state index contributed by atoms with van der Waals surface area (Å²) in [5, 5.41) is 0. The maximum absolute atomic E-state index is 6.72. The van der Waals surface area contributed by atoms with Crippen LogP contribution in [-0.2, 0) is 0 Å². The Labute approximate surface area is 50.9 Å². The van der Waals surface area contributed by atoms with E-state index in [1.807, 2.05) is 0 Å². The molecule has 0 aliphatic rings. The standard InChI is InChI=1S/C6H7NO/c1-8-6-4-2-3-5-7-6/h2-5H,1H3/i1D2. The van der Waals surface area contributed by atoms with Gasteiger partial charge in [0.1, 0.15) is 0 Å². The van der Waals surface area contributed by atoms with Crippen LogP contribution in [0.1, 0.15) is 2.74 Å². The Bertz CT molecular complexity index is 190. The second kappa shape index (κ2) is 2.31. The normalized spacial score (nSPS) is 12.6. The Morgan fingerprint density at radius 3 is 3.38 bits per heavy atom. The highest BCUT2D eigenvalue weighted by molar-refractivity contribution is 5.08. The van der Waals surface area contributed by atoms with Crippen molar-refractivity contribution >= 4 is 0 Å². The highest BCUT2D eigenvalue weighted by Crippen LogP contribution is 1.99. The summed E-state index contributed by atoms with van der Waals surface area (Å²) in [5.41, 5.74) is 0. The Kier molecular flexibility index (Phi) is 0.886. The van der Waals surface area contributed by atoms with Crippen molar-refractivity contribution in [1.82, 2.24) is 4.98 Å². The molecule has 0 aromatic carbocycles. The fourth-order valence-electron chi connectivity index (χ4n) is 0.417. The van der Waals surface area contributed by atoms with Gasteiger partial charge in [0.25, 0.3) is 0 Å². The van der Waals surface area contributed by atoms with Crippen LogP contribution < -0.4 is 4.74 Å². The number of ether oxygens (including phenoxy) is 1. The molecule has 1 aromatic rings. The van der Waals surface area contributed by atoms with Crippen molar-refractivity contribution < 1.29 is 7.48 Å². The summed E-state index contributed by atoms with van der Waals surface area (Å²) in [6.45, 7) is 0. The second-order valence-electron chi connectivity index (χ2n) is 1.29. The van der Waals surface area contributed by atoms with Crippen LogP contribution in [0.3, 0.4) is 0 Å². The van der Waals surface area contributed by atoms with Gasteiger partial charge in [-0.2, -0.15) is 0 Å². The van der Waals surface area contributed by atoms with E-state index < -0.39 is 7.06 Å². The van der Waals surface area contributed by atoms with Crippen LogP contribution in [0, 0.1) is 0 Å². The molecule has 0 amide bonds. The Hall–Kier alpha value is -1.05. The molecule has 0 atom stereocenters. The van der Waals surface area contributed by atoms with E-state index in [0.717, 1.165) is 0 Å². The molecule has 1 heterocycles. The van der Waals surface area contributed by atoms with Gasteiger partial charge in [-0.25, -0.2) is 4.98 Å². The summed E-state index contributed by atoms with van der Waals surface area (Å²) in [6.07, 6.45) is 1.55. The van der Waals surface area contributed by atoms with E-state index in [2.05, 4.69) is 9.72 Å². The van der Waals surface area contributed by atoms with Gasteiger partial charge in [0.2, 0.25) is 5.88 Å². The van der Waals surface area contributed by atoms with E-state index >= 15 is 0 Å². The molecule has 0 aliphatic carbocycles. The lowest BCUT2D eigenvalue weighted by atomic mass is 10.5. The van der Waals surface area contributed by atoms with Gasteiger partial charge in [0.15, 0.2) is 0 Å². The van der Waals surface area contributed by atoms with Gasteiger partial charge in [-0.3, -0.25) is 0 Å². The monoisotopic (exact) mass is 111 g/mol. The fourth-order valence-corrected chi connectivity index (χ4v) is 0.417. The van der Waals surface area contributed by atoms with Crippen molar-refractivity contribution in [2.75, 3.05) is 7.06 Å². The molecule has 0 bridgehead atoms. The van der Waals surface area contributed by atoms with Crippen LogP contribution in [0.25, 0.3) is 0 Å². The molecule has 2 nitrogen and oxygen atoms in total. The van der Waals surface area contributed by atoms with Crippen molar-refractivity contribution in [2.24, 2.45) is 0 Å². The Balaban J connectivity index is 2.59. The second-order valence-corrected chi connectivity index (χ2v) is 1.29. The summed E-state index contributed by atoms with van der Waals surface area (Å²) in [5.74, 6) is 0.317. The third-order valence-electron chi connectivity index (χ3n) is 0.759. The lowest BCUT2D eigenvalue weighted by Crippen LogP contribution is -1.83. The predicted molar refractivity (Wildman–Crippen MR) is 30.8 cm³/mol. The zero-order chi connectivity index (χ0) is 7.40. The van der Waals surface area contributed by atoms with E-state index in [1.54, 1.807) is 24.4 Å². The summed E-state index contributed by atoms with van der Waals surface area (Å²) in [6, 6.07) is 5.09. The van der Waals surface area contributed by atoms with Crippen molar-refractivity contribution in [3.63, 3.8) is 0 Å². The topological polar surface area (TPSA) is 22.1 Å². The molecule has 0 spiro atoms. The number of aromatic nitrogens is 1. The molecule has 0 fully saturated rings. The first-order valence-electron chi connectivity index (χ1n) is 3.37. The smallest absolute Gasteiger partial charge is 0.212 e. The molecule has 0 unspecified atom stereocenters. The number of nitrogens with zero attached hydrogens (tertiary/aromatic N) is 1. The maximum atomic E-state index is 6.72. The molecule has 8 heavy (non-hydrogen) atoms. The van der Waals surface area contributed by atoms with E-state index in [0.29, 0.717) is 5.88 Å². The molecule has 0 N–H and O–H groups in total. The first-order valence-corrected chi connectivity index (χ1v) is 2.21. The molecule has 0 saturated carbocycles. The third-order valence-corrected chi connectivity index (χ3v) is 0.759. The summed E-state index contributed by atoms with van der Waals surface area (Å²) >= 11 is 0. The Morgan fingerprint density at radius 2 is 2.75 bits per heavy atom. The van der Waals surface area contributed by atoms with Gasteiger partial charge >= 0.3 is 0 Å². The van der Waals surface area contributed by atoms with Crippen molar-refractivity contribution in [2.45, 2.75) is 0 Å². The zero-order valence-electron chi connectivity index (χ0n) is 6.24. The van der Waals surface area contributed by atoms with Crippen LogP contribution >= 0.6 is 0 Å². The van der Waals surface area contributed by atoms with Gasteiger partial charge in [-0.1, -0.05) is 6.07 Å². The first-order chi connectivity index (χ1) is 4.79. The number of hydrogen-bond acceptors (Lipinski definition) is 2. The minimum Gasteiger partial charge on any atom is -0.481 e. The number of methoxy groups -OCH3 is 1. The lowest BCUT2D eigenvalue weighted by Gasteiger charge is -1.92. The molecule has 0 radical (unpaired) electrons. The van der Waals surface area contributed by atoms with Crippen molar-refractivity contribution in [3.05, 3.63) is 24.4 Å². The van der Waals surface area contributed by atoms with E-state index in [9.17, 15) is 0 Å². The average molecular weight is 111 g/mol. The molecule has 0 saturated heterocycles. The number of pyridine rings is 1. The highest BCUT2D eigenvalue weighted by atomic mass is 16.5. The maximum Gasteiger partial charge on any atom is 0.212 e. The fraction of sp³-hybridized carbons (Fsp3) is 0.167. The van der Waals surface area contributed by atoms with Gasteiger partial charge in [0, 0.05) is 12.3 Å². The average Bonchev–Trinajstić information content (AvgIpc) is 1.88. The molecule has 1 rings (SSSR count). The third kappa shape index (κ3) is 0.964. The lowest BCUT2D eigenvalue weighted by molar-refractivity contribution is 0.398. The van der Waals surface area contributed by atoms with Crippen LogP contribution in [-0.4, -0.2) is 12.0 Å². The molecular formula is C6H7NO. The van der Waals surface area contributed by atoms with Gasteiger partial charge in [-0.15, -0.1) is 0 Å². The van der Waals surface area contributed by atoms with Gasteiger partial charge in [-0.05, 0) is 6.07 Å². The SMILES string of the molecule is [2H]C([2H])Oc1ccccn1.